The molecular weight excluding hydrogens is 376 g/mol. The molecule has 3 rings (SSSR count). The average Bonchev–Trinajstić information content (AvgIpc) is 3.03. The third kappa shape index (κ3) is 4.67. The van der Waals surface area contributed by atoms with Gasteiger partial charge < -0.3 is 15.8 Å². The number of primary amides is 1. The van der Waals surface area contributed by atoms with Gasteiger partial charge in [0.2, 0.25) is 0 Å². The second-order valence-electron chi connectivity index (χ2n) is 6.63. The van der Waals surface area contributed by atoms with Gasteiger partial charge in [0.15, 0.2) is 6.61 Å². The topological polar surface area (TPSA) is 98.5 Å². The summed E-state index contributed by atoms with van der Waals surface area (Å²) < 4.78 is 4.99. The van der Waals surface area contributed by atoms with E-state index in [0.29, 0.717) is 10.6 Å². The number of anilines is 1. The molecule has 1 aromatic heterocycles. The first-order chi connectivity index (χ1) is 13.5. The minimum Gasteiger partial charge on any atom is -0.452 e. The highest BCUT2D eigenvalue weighted by Crippen LogP contribution is 2.37. The zero-order chi connectivity index (χ0) is 20.1. The third-order valence-electron chi connectivity index (χ3n) is 4.60. The van der Waals surface area contributed by atoms with E-state index >= 15 is 0 Å². The van der Waals surface area contributed by atoms with Crippen molar-refractivity contribution in [2.24, 2.45) is 5.73 Å². The molecule has 1 heterocycles. The van der Waals surface area contributed by atoms with Gasteiger partial charge in [0, 0.05) is 11.0 Å². The number of nitrogens with two attached hydrogens (primary N) is 1. The van der Waals surface area contributed by atoms with Crippen LogP contribution in [-0.4, -0.2) is 24.4 Å². The van der Waals surface area contributed by atoms with Gasteiger partial charge in [0.05, 0.1) is 5.56 Å². The molecule has 146 valence electrons. The van der Waals surface area contributed by atoms with Crippen molar-refractivity contribution < 1.29 is 19.1 Å². The van der Waals surface area contributed by atoms with Gasteiger partial charge in [-0.25, -0.2) is 4.79 Å². The van der Waals surface area contributed by atoms with Crippen LogP contribution in [0.2, 0.25) is 0 Å². The number of carbonyl (C=O) groups excluding carboxylic acids is 3. The van der Waals surface area contributed by atoms with Crippen LogP contribution < -0.4 is 11.1 Å². The van der Waals surface area contributed by atoms with E-state index in [1.54, 1.807) is 6.08 Å². The Morgan fingerprint density at radius 3 is 2.71 bits per heavy atom. The Bertz CT molecular complexity index is 946. The van der Waals surface area contributed by atoms with Crippen LogP contribution in [0.25, 0.3) is 6.08 Å². The van der Waals surface area contributed by atoms with Crippen LogP contribution in [0.15, 0.2) is 30.3 Å². The number of benzene rings is 1. The molecule has 0 saturated carbocycles. The van der Waals surface area contributed by atoms with Gasteiger partial charge in [-0.2, -0.15) is 0 Å². The Balaban J connectivity index is 1.59. The summed E-state index contributed by atoms with van der Waals surface area (Å²) in [6.45, 7) is 1.51. The number of rotatable bonds is 6. The first-order valence-corrected chi connectivity index (χ1v) is 9.92. The number of nitrogens with one attached hydrogen (secondary N) is 1. The van der Waals surface area contributed by atoms with Gasteiger partial charge in [0.25, 0.3) is 11.8 Å². The third-order valence-corrected chi connectivity index (χ3v) is 5.81. The Kier molecular flexibility index (Phi) is 6.26. The van der Waals surface area contributed by atoms with Crippen LogP contribution in [0.4, 0.5) is 5.00 Å². The van der Waals surface area contributed by atoms with E-state index < -0.39 is 24.4 Å². The molecule has 0 bridgehead atoms. The molecule has 6 nitrogen and oxygen atoms in total. The summed E-state index contributed by atoms with van der Waals surface area (Å²) >= 11 is 1.37. The molecule has 1 aromatic carbocycles. The number of hydrogen-bond donors (Lipinski definition) is 2. The molecule has 0 atom stereocenters. The Morgan fingerprint density at radius 2 is 1.96 bits per heavy atom. The molecule has 1 aliphatic rings. The molecular formula is C21H22N2O4S. The first kappa shape index (κ1) is 19.8. The fraction of sp³-hybridized carbons (Fsp3) is 0.286. The lowest BCUT2D eigenvalue weighted by Gasteiger charge is -2.11. The van der Waals surface area contributed by atoms with E-state index in [1.807, 2.05) is 31.2 Å². The predicted molar refractivity (Wildman–Crippen MR) is 109 cm³/mol. The van der Waals surface area contributed by atoms with E-state index in [2.05, 4.69) is 5.32 Å². The maximum atomic E-state index is 12.2. The monoisotopic (exact) mass is 398 g/mol. The van der Waals surface area contributed by atoms with E-state index in [4.69, 9.17) is 10.5 Å². The predicted octanol–water partition coefficient (Wildman–Crippen LogP) is 3.23. The first-order valence-electron chi connectivity index (χ1n) is 9.10. The zero-order valence-electron chi connectivity index (χ0n) is 15.6. The van der Waals surface area contributed by atoms with E-state index in [1.165, 1.54) is 17.4 Å². The fourth-order valence-corrected chi connectivity index (χ4v) is 4.50. The van der Waals surface area contributed by atoms with Gasteiger partial charge in [-0.05, 0) is 55.4 Å². The Labute approximate surface area is 167 Å². The van der Waals surface area contributed by atoms with Gasteiger partial charge in [-0.1, -0.05) is 24.3 Å². The van der Waals surface area contributed by atoms with Crippen molar-refractivity contribution in [1.29, 1.82) is 0 Å². The number of thiophene rings is 1. The molecule has 0 spiro atoms. The highest BCUT2D eigenvalue weighted by Gasteiger charge is 2.25. The van der Waals surface area contributed by atoms with E-state index in [0.717, 1.165) is 47.3 Å². The van der Waals surface area contributed by atoms with Crippen molar-refractivity contribution in [3.63, 3.8) is 0 Å². The smallest absolute Gasteiger partial charge is 0.331 e. The summed E-state index contributed by atoms with van der Waals surface area (Å²) in [5, 5.41) is 3.11. The molecule has 2 aromatic rings. The van der Waals surface area contributed by atoms with Crippen molar-refractivity contribution in [3.05, 3.63) is 57.5 Å². The number of hydrogen-bond acceptors (Lipinski definition) is 5. The number of esters is 1. The second kappa shape index (κ2) is 8.84. The van der Waals surface area contributed by atoms with Crippen LogP contribution in [-0.2, 0) is 27.2 Å². The van der Waals surface area contributed by atoms with Crippen molar-refractivity contribution in [2.75, 3.05) is 11.9 Å². The minimum absolute atomic E-state index is 0.388. The summed E-state index contributed by atoms with van der Waals surface area (Å²) in [4.78, 5) is 37.0. The molecule has 0 radical (unpaired) electrons. The lowest BCUT2D eigenvalue weighted by molar-refractivity contribution is -0.142. The average molecular weight is 398 g/mol. The van der Waals surface area contributed by atoms with Crippen LogP contribution in [0.3, 0.4) is 0 Å². The van der Waals surface area contributed by atoms with Crippen LogP contribution in [0.5, 0.6) is 0 Å². The number of aryl methyl sites for hydroxylation is 2. The molecule has 1 aliphatic carbocycles. The largest absolute Gasteiger partial charge is 0.452 e. The normalized spacial score (nSPS) is 13.2. The lowest BCUT2D eigenvalue weighted by Crippen LogP contribution is -2.22. The minimum atomic E-state index is -0.612. The van der Waals surface area contributed by atoms with Crippen LogP contribution in [0.1, 0.15) is 44.8 Å². The van der Waals surface area contributed by atoms with E-state index in [9.17, 15) is 14.4 Å². The van der Waals surface area contributed by atoms with Crippen molar-refractivity contribution >= 4 is 40.2 Å². The second-order valence-corrected chi connectivity index (χ2v) is 7.73. The summed E-state index contributed by atoms with van der Waals surface area (Å²) in [5.41, 5.74) is 8.77. The van der Waals surface area contributed by atoms with E-state index in [-0.39, 0.29) is 0 Å². The molecule has 2 amide bonds. The molecule has 0 fully saturated rings. The maximum absolute atomic E-state index is 12.2. The number of fused-ring (bicyclic) bond motifs is 1. The summed E-state index contributed by atoms with van der Waals surface area (Å²) in [6, 6.07) is 7.62. The highest BCUT2D eigenvalue weighted by atomic mass is 32.1. The number of carbonyl (C=O) groups is 3. The van der Waals surface area contributed by atoms with Crippen molar-refractivity contribution in [2.45, 2.75) is 32.6 Å². The Hall–Kier alpha value is -2.93. The molecule has 7 heteroatoms. The summed E-state index contributed by atoms with van der Waals surface area (Å²) in [5.74, 6) is -1.66. The van der Waals surface area contributed by atoms with Crippen molar-refractivity contribution in [1.82, 2.24) is 0 Å². The highest BCUT2D eigenvalue weighted by molar-refractivity contribution is 7.17. The number of ether oxygens (including phenoxy) is 1. The van der Waals surface area contributed by atoms with Crippen LogP contribution >= 0.6 is 11.3 Å². The van der Waals surface area contributed by atoms with Gasteiger partial charge in [0.1, 0.15) is 5.00 Å². The van der Waals surface area contributed by atoms with Crippen LogP contribution in [0, 0.1) is 6.92 Å². The maximum Gasteiger partial charge on any atom is 0.331 e. The number of amides is 2. The fourth-order valence-electron chi connectivity index (χ4n) is 3.19. The van der Waals surface area contributed by atoms with Gasteiger partial charge >= 0.3 is 5.97 Å². The molecule has 28 heavy (non-hydrogen) atoms. The standard InChI is InChI=1S/C21H22N2O4S/c1-13-6-2-3-7-14(13)10-11-18(25)27-12-17(24)23-21-19(20(22)26)15-8-4-5-9-16(15)28-21/h2-3,6-7,10-11H,4-5,8-9,12H2,1H3,(H2,22,26)(H,23,24)/b11-10+. The molecule has 0 unspecified atom stereocenters. The summed E-state index contributed by atoms with van der Waals surface area (Å²) in [7, 11) is 0. The van der Waals surface area contributed by atoms with Gasteiger partial charge in [-0.3, -0.25) is 9.59 Å². The quantitative estimate of drug-likeness (QED) is 0.576. The molecule has 3 N–H and O–H groups in total. The molecule has 0 saturated heterocycles. The molecule has 0 aliphatic heterocycles. The SMILES string of the molecule is Cc1ccccc1/C=C/C(=O)OCC(=O)Nc1sc2c(c1C(N)=O)CCCC2. The van der Waals surface area contributed by atoms with Gasteiger partial charge in [-0.15, -0.1) is 11.3 Å². The zero-order valence-corrected chi connectivity index (χ0v) is 16.4. The summed E-state index contributed by atoms with van der Waals surface area (Å²) in [6.07, 6.45) is 6.67. The van der Waals surface area contributed by atoms with Crippen molar-refractivity contribution in [3.8, 4) is 0 Å². The Morgan fingerprint density at radius 1 is 1.21 bits per heavy atom. The lowest BCUT2D eigenvalue weighted by atomic mass is 9.95.